The third-order valence-electron chi connectivity index (χ3n) is 3.47. The molecular weight excluding hydrogens is 246 g/mol. The van der Waals surface area contributed by atoms with Crippen LogP contribution >= 0.6 is 0 Å². The molecule has 0 aromatic heterocycles. The third kappa shape index (κ3) is 3.98. The quantitative estimate of drug-likeness (QED) is 0.859. The lowest BCUT2D eigenvalue weighted by Crippen LogP contribution is -2.36. The molecule has 0 heterocycles. The highest BCUT2D eigenvalue weighted by atomic mass is 19.2. The van der Waals surface area contributed by atoms with Gasteiger partial charge >= 0.3 is 0 Å². The topological polar surface area (TPSA) is 29.3 Å². The first-order valence-electron chi connectivity index (χ1n) is 6.92. The first-order chi connectivity index (χ1) is 8.97. The van der Waals surface area contributed by atoms with Crippen molar-refractivity contribution in [3.8, 4) is 0 Å². The molecule has 0 radical (unpaired) electrons. The zero-order valence-corrected chi connectivity index (χ0v) is 11.6. The predicted octanol–water partition coefficient (Wildman–Crippen LogP) is 3.09. The van der Waals surface area contributed by atoms with Crippen LogP contribution in [-0.4, -0.2) is 24.0 Å². The van der Waals surface area contributed by atoms with Gasteiger partial charge in [0.15, 0.2) is 11.6 Å². The summed E-state index contributed by atoms with van der Waals surface area (Å²) in [4.78, 5) is 2.37. The van der Waals surface area contributed by atoms with E-state index in [0.717, 1.165) is 12.6 Å². The van der Waals surface area contributed by atoms with E-state index in [0.29, 0.717) is 24.1 Å². The van der Waals surface area contributed by atoms with E-state index in [9.17, 15) is 8.78 Å². The SMILES string of the molecule is CC(C)CN(CC(N)c1ccc(F)c(F)c1)C1CC1. The average Bonchev–Trinajstić information content (AvgIpc) is 3.15. The lowest BCUT2D eigenvalue weighted by Gasteiger charge is -2.27. The van der Waals surface area contributed by atoms with Gasteiger partial charge in [-0.25, -0.2) is 8.78 Å². The molecule has 0 bridgehead atoms. The van der Waals surface area contributed by atoms with Crippen molar-refractivity contribution in [2.24, 2.45) is 11.7 Å². The fourth-order valence-electron chi connectivity index (χ4n) is 2.38. The van der Waals surface area contributed by atoms with Gasteiger partial charge in [-0.05, 0) is 36.5 Å². The Bertz CT molecular complexity index is 430. The van der Waals surface area contributed by atoms with Crippen molar-refractivity contribution in [1.82, 2.24) is 4.90 Å². The number of halogens is 2. The molecule has 1 fully saturated rings. The first-order valence-corrected chi connectivity index (χ1v) is 6.92. The Morgan fingerprint density at radius 2 is 1.89 bits per heavy atom. The Morgan fingerprint density at radius 3 is 2.42 bits per heavy atom. The number of hydrogen-bond donors (Lipinski definition) is 1. The van der Waals surface area contributed by atoms with Crippen molar-refractivity contribution >= 4 is 0 Å². The zero-order valence-electron chi connectivity index (χ0n) is 11.6. The van der Waals surface area contributed by atoms with Crippen molar-refractivity contribution in [2.75, 3.05) is 13.1 Å². The minimum Gasteiger partial charge on any atom is -0.323 e. The fourth-order valence-corrected chi connectivity index (χ4v) is 2.38. The molecule has 2 nitrogen and oxygen atoms in total. The van der Waals surface area contributed by atoms with Gasteiger partial charge in [0.05, 0.1) is 0 Å². The summed E-state index contributed by atoms with van der Waals surface area (Å²) in [5.74, 6) is -1.07. The number of benzene rings is 1. The molecule has 2 N–H and O–H groups in total. The molecule has 1 aliphatic carbocycles. The summed E-state index contributed by atoms with van der Waals surface area (Å²) in [5, 5.41) is 0. The fraction of sp³-hybridized carbons (Fsp3) is 0.600. The van der Waals surface area contributed by atoms with Gasteiger partial charge in [-0.15, -0.1) is 0 Å². The number of nitrogens with two attached hydrogens (primary N) is 1. The Kier molecular flexibility index (Phi) is 4.53. The molecule has 1 unspecified atom stereocenters. The van der Waals surface area contributed by atoms with Crippen LogP contribution in [0.15, 0.2) is 18.2 Å². The first kappa shape index (κ1) is 14.4. The summed E-state index contributed by atoms with van der Waals surface area (Å²) in [7, 11) is 0. The molecule has 1 aliphatic rings. The van der Waals surface area contributed by atoms with Crippen molar-refractivity contribution < 1.29 is 8.78 Å². The van der Waals surface area contributed by atoms with E-state index in [-0.39, 0.29) is 6.04 Å². The van der Waals surface area contributed by atoms with Crippen molar-refractivity contribution in [2.45, 2.75) is 38.8 Å². The maximum Gasteiger partial charge on any atom is 0.159 e. The van der Waals surface area contributed by atoms with E-state index in [1.807, 2.05) is 0 Å². The Labute approximate surface area is 113 Å². The van der Waals surface area contributed by atoms with Crippen LogP contribution in [0.3, 0.4) is 0 Å². The summed E-state index contributed by atoms with van der Waals surface area (Å²) in [6.45, 7) is 6.06. The van der Waals surface area contributed by atoms with E-state index in [4.69, 9.17) is 5.73 Å². The van der Waals surface area contributed by atoms with Crippen LogP contribution < -0.4 is 5.73 Å². The zero-order chi connectivity index (χ0) is 14.0. The third-order valence-corrected chi connectivity index (χ3v) is 3.47. The molecule has 1 aromatic rings. The van der Waals surface area contributed by atoms with Crippen LogP contribution in [0.5, 0.6) is 0 Å². The molecule has 19 heavy (non-hydrogen) atoms. The molecule has 2 rings (SSSR count). The van der Waals surface area contributed by atoms with Gasteiger partial charge in [-0.2, -0.15) is 0 Å². The van der Waals surface area contributed by atoms with Gasteiger partial charge in [0.1, 0.15) is 0 Å². The monoisotopic (exact) mass is 268 g/mol. The summed E-state index contributed by atoms with van der Waals surface area (Å²) in [6, 6.07) is 4.28. The van der Waals surface area contributed by atoms with Gasteiger partial charge in [0, 0.05) is 25.2 Å². The highest BCUT2D eigenvalue weighted by Gasteiger charge is 2.30. The summed E-state index contributed by atoms with van der Waals surface area (Å²) >= 11 is 0. The molecule has 0 aliphatic heterocycles. The maximum absolute atomic E-state index is 13.2. The smallest absolute Gasteiger partial charge is 0.159 e. The van der Waals surface area contributed by atoms with Crippen LogP contribution in [0.4, 0.5) is 8.78 Å². The van der Waals surface area contributed by atoms with E-state index >= 15 is 0 Å². The lowest BCUT2D eigenvalue weighted by atomic mass is 10.1. The Hall–Kier alpha value is -1.00. The van der Waals surface area contributed by atoms with Crippen LogP contribution in [0.25, 0.3) is 0 Å². The lowest BCUT2D eigenvalue weighted by molar-refractivity contribution is 0.221. The second-order valence-corrected chi connectivity index (χ2v) is 5.86. The normalized spacial score (nSPS) is 17.2. The summed E-state index contributed by atoms with van der Waals surface area (Å²) < 4.78 is 26.1. The van der Waals surface area contributed by atoms with Crippen LogP contribution in [0, 0.1) is 17.6 Å². The second kappa shape index (κ2) is 5.97. The molecule has 1 saturated carbocycles. The van der Waals surface area contributed by atoms with Crippen LogP contribution in [-0.2, 0) is 0 Å². The molecule has 0 spiro atoms. The standard InChI is InChI=1S/C15H22F2N2/c1-10(2)8-19(12-4-5-12)9-15(18)11-3-6-13(16)14(17)7-11/h3,6-7,10,12,15H,4-5,8-9,18H2,1-2H3. The average molecular weight is 268 g/mol. The van der Waals surface area contributed by atoms with Gasteiger partial charge in [0.25, 0.3) is 0 Å². The highest BCUT2D eigenvalue weighted by molar-refractivity contribution is 5.21. The van der Waals surface area contributed by atoms with Crippen molar-refractivity contribution in [3.63, 3.8) is 0 Å². The Morgan fingerprint density at radius 1 is 1.21 bits per heavy atom. The van der Waals surface area contributed by atoms with Gasteiger partial charge in [-0.1, -0.05) is 19.9 Å². The number of rotatable bonds is 6. The number of hydrogen-bond acceptors (Lipinski definition) is 2. The maximum atomic E-state index is 13.2. The van der Waals surface area contributed by atoms with Crippen molar-refractivity contribution in [3.05, 3.63) is 35.4 Å². The van der Waals surface area contributed by atoms with Gasteiger partial charge < -0.3 is 5.73 Å². The molecule has 0 amide bonds. The van der Waals surface area contributed by atoms with E-state index in [2.05, 4.69) is 18.7 Å². The second-order valence-electron chi connectivity index (χ2n) is 5.86. The van der Waals surface area contributed by atoms with Crippen LogP contribution in [0.1, 0.15) is 38.3 Å². The number of nitrogens with zero attached hydrogens (tertiary/aromatic N) is 1. The van der Waals surface area contributed by atoms with Crippen molar-refractivity contribution in [1.29, 1.82) is 0 Å². The molecule has 1 atom stereocenters. The van der Waals surface area contributed by atoms with E-state index in [1.54, 1.807) is 6.07 Å². The van der Waals surface area contributed by atoms with E-state index in [1.165, 1.54) is 18.9 Å². The minimum atomic E-state index is -0.824. The molecule has 4 heteroatoms. The summed E-state index contributed by atoms with van der Waals surface area (Å²) in [6.07, 6.45) is 2.44. The van der Waals surface area contributed by atoms with Gasteiger partial charge in [-0.3, -0.25) is 4.90 Å². The molecular formula is C15H22F2N2. The predicted molar refractivity (Wildman–Crippen MR) is 72.7 cm³/mol. The minimum absolute atomic E-state index is 0.269. The highest BCUT2D eigenvalue weighted by Crippen LogP contribution is 2.29. The largest absolute Gasteiger partial charge is 0.323 e. The molecule has 0 saturated heterocycles. The Balaban J connectivity index is 2.01. The summed E-state index contributed by atoms with van der Waals surface area (Å²) in [5.41, 5.74) is 6.79. The molecule has 106 valence electrons. The molecule has 1 aromatic carbocycles. The van der Waals surface area contributed by atoms with Crippen LogP contribution in [0.2, 0.25) is 0 Å². The van der Waals surface area contributed by atoms with E-state index < -0.39 is 11.6 Å². The van der Waals surface area contributed by atoms with Gasteiger partial charge in [0.2, 0.25) is 0 Å².